The number of thioether (sulfide) groups is 1. The van der Waals surface area contributed by atoms with Gasteiger partial charge in [-0.2, -0.15) is 0 Å². The molecular formula is C18H17N3S. The highest BCUT2D eigenvalue weighted by Gasteiger charge is 2.05. The summed E-state index contributed by atoms with van der Waals surface area (Å²) in [6.45, 7) is 4.19. The van der Waals surface area contributed by atoms with Crippen molar-refractivity contribution >= 4 is 11.8 Å². The number of hydrogen-bond donors (Lipinski definition) is 0. The van der Waals surface area contributed by atoms with Crippen molar-refractivity contribution in [2.24, 2.45) is 0 Å². The van der Waals surface area contributed by atoms with Crippen LogP contribution in [0.1, 0.15) is 16.7 Å². The number of aromatic nitrogens is 3. The monoisotopic (exact) mass is 307 g/mol. The molecule has 0 fully saturated rings. The van der Waals surface area contributed by atoms with E-state index in [2.05, 4.69) is 47.2 Å². The zero-order valence-electron chi connectivity index (χ0n) is 12.7. The average molecular weight is 307 g/mol. The standard InChI is InChI=1S/C18H17N3S/c1-13-3-4-14(2)16(11-13)17-5-6-18(21-20-17)22-12-15-7-9-19-10-8-15/h3-11H,12H2,1-2H3. The Morgan fingerprint density at radius 2 is 1.73 bits per heavy atom. The van der Waals surface area contributed by atoms with Gasteiger partial charge in [0.25, 0.3) is 0 Å². The highest BCUT2D eigenvalue weighted by atomic mass is 32.2. The Morgan fingerprint density at radius 3 is 2.45 bits per heavy atom. The van der Waals surface area contributed by atoms with Crippen molar-refractivity contribution in [3.8, 4) is 11.3 Å². The summed E-state index contributed by atoms with van der Waals surface area (Å²) >= 11 is 1.68. The molecule has 0 aliphatic carbocycles. The van der Waals surface area contributed by atoms with E-state index in [1.54, 1.807) is 11.8 Å². The minimum atomic E-state index is 0.875. The van der Waals surface area contributed by atoms with Crippen molar-refractivity contribution in [2.45, 2.75) is 24.6 Å². The van der Waals surface area contributed by atoms with Crippen LogP contribution in [0.15, 0.2) is 59.9 Å². The molecule has 3 aromatic rings. The van der Waals surface area contributed by atoms with Gasteiger partial charge in [0.15, 0.2) is 0 Å². The number of rotatable bonds is 4. The van der Waals surface area contributed by atoms with Crippen LogP contribution in [0.5, 0.6) is 0 Å². The molecule has 0 atom stereocenters. The molecule has 0 saturated carbocycles. The lowest BCUT2D eigenvalue weighted by Gasteiger charge is -2.06. The summed E-state index contributed by atoms with van der Waals surface area (Å²) in [5.41, 5.74) is 5.77. The molecule has 2 aromatic heterocycles. The minimum absolute atomic E-state index is 0.875. The van der Waals surface area contributed by atoms with Crippen LogP contribution in [0.3, 0.4) is 0 Å². The molecule has 4 heteroatoms. The molecule has 110 valence electrons. The molecule has 0 spiro atoms. The molecule has 0 unspecified atom stereocenters. The quantitative estimate of drug-likeness (QED) is 0.668. The molecule has 0 amide bonds. The summed E-state index contributed by atoms with van der Waals surface area (Å²) < 4.78 is 0. The molecule has 3 rings (SSSR count). The zero-order chi connectivity index (χ0) is 15.4. The molecule has 0 N–H and O–H groups in total. The highest BCUT2D eigenvalue weighted by Crippen LogP contribution is 2.25. The maximum Gasteiger partial charge on any atom is 0.119 e. The number of benzene rings is 1. The summed E-state index contributed by atoms with van der Waals surface area (Å²) in [5, 5.41) is 9.65. The van der Waals surface area contributed by atoms with Gasteiger partial charge in [0.1, 0.15) is 5.03 Å². The van der Waals surface area contributed by atoms with Crippen LogP contribution in [0.25, 0.3) is 11.3 Å². The van der Waals surface area contributed by atoms with E-state index >= 15 is 0 Å². The lowest BCUT2D eigenvalue weighted by Crippen LogP contribution is -1.92. The molecule has 2 heterocycles. The van der Waals surface area contributed by atoms with E-state index in [1.807, 2.05) is 36.7 Å². The Labute approximate surface area is 134 Å². The van der Waals surface area contributed by atoms with E-state index in [9.17, 15) is 0 Å². The normalized spacial score (nSPS) is 10.6. The second kappa shape index (κ2) is 6.71. The maximum atomic E-state index is 4.38. The fourth-order valence-electron chi connectivity index (χ4n) is 2.19. The molecule has 1 aromatic carbocycles. The predicted molar refractivity (Wildman–Crippen MR) is 90.7 cm³/mol. The number of pyridine rings is 1. The minimum Gasteiger partial charge on any atom is -0.265 e. The van der Waals surface area contributed by atoms with Gasteiger partial charge in [-0.25, -0.2) is 0 Å². The van der Waals surface area contributed by atoms with E-state index in [0.717, 1.165) is 22.0 Å². The van der Waals surface area contributed by atoms with Crippen molar-refractivity contribution in [3.63, 3.8) is 0 Å². The van der Waals surface area contributed by atoms with Gasteiger partial charge >= 0.3 is 0 Å². The summed E-state index contributed by atoms with van der Waals surface area (Å²) in [6.07, 6.45) is 3.62. The SMILES string of the molecule is Cc1ccc(C)c(-c2ccc(SCc3ccncc3)nn2)c1. The summed E-state index contributed by atoms with van der Waals surface area (Å²) in [6, 6.07) is 14.5. The Morgan fingerprint density at radius 1 is 0.909 bits per heavy atom. The Bertz CT molecular complexity index is 755. The van der Waals surface area contributed by atoms with Crippen molar-refractivity contribution in [3.05, 3.63) is 71.5 Å². The van der Waals surface area contributed by atoms with Gasteiger partial charge in [0.05, 0.1) is 5.69 Å². The number of nitrogens with zero attached hydrogens (tertiary/aromatic N) is 3. The molecule has 0 saturated heterocycles. The topological polar surface area (TPSA) is 38.7 Å². The fourth-order valence-corrected chi connectivity index (χ4v) is 2.96. The van der Waals surface area contributed by atoms with E-state index < -0.39 is 0 Å². The smallest absolute Gasteiger partial charge is 0.119 e. The lowest BCUT2D eigenvalue weighted by atomic mass is 10.0. The lowest BCUT2D eigenvalue weighted by molar-refractivity contribution is 0.934. The molecule has 0 bridgehead atoms. The Balaban J connectivity index is 1.74. The molecule has 3 nitrogen and oxygen atoms in total. The molecular weight excluding hydrogens is 290 g/mol. The molecule has 0 radical (unpaired) electrons. The van der Waals surface area contributed by atoms with Gasteiger partial charge in [-0.05, 0) is 55.3 Å². The van der Waals surface area contributed by atoms with E-state index in [1.165, 1.54) is 16.7 Å². The molecule has 0 aliphatic rings. The predicted octanol–water partition coefficient (Wildman–Crippen LogP) is 4.45. The third-order valence-electron chi connectivity index (χ3n) is 3.45. The summed E-state index contributed by atoms with van der Waals surface area (Å²) in [7, 11) is 0. The second-order valence-electron chi connectivity index (χ2n) is 5.22. The van der Waals surface area contributed by atoms with Gasteiger partial charge in [0.2, 0.25) is 0 Å². The molecule has 0 aliphatic heterocycles. The number of aryl methyl sites for hydroxylation is 2. The third kappa shape index (κ3) is 3.52. The van der Waals surface area contributed by atoms with Crippen molar-refractivity contribution in [1.29, 1.82) is 0 Å². The first-order valence-corrected chi connectivity index (χ1v) is 8.14. The third-order valence-corrected chi connectivity index (χ3v) is 4.44. The van der Waals surface area contributed by atoms with Crippen LogP contribution >= 0.6 is 11.8 Å². The van der Waals surface area contributed by atoms with Gasteiger partial charge in [-0.3, -0.25) is 4.98 Å². The van der Waals surface area contributed by atoms with Gasteiger partial charge in [0, 0.05) is 23.7 Å². The fraction of sp³-hybridized carbons (Fsp3) is 0.167. The number of hydrogen-bond acceptors (Lipinski definition) is 4. The van der Waals surface area contributed by atoms with Gasteiger partial charge in [-0.1, -0.05) is 29.5 Å². The van der Waals surface area contributed by atoms with Gasteiger partial charge in [-0.15, -0.1) is 10.2 Å². The maximum absolute atomic E-state index is 4.38. The van der Waals surface area contributed by atoms with Crippen LogP contribution in [0, 0.1) is 13.8 Å². The van der Waals surface area contributed by atoms with Gasteiger partial charge < -0.3 is 0 Å². The zero-order valence-corrected chi connectivity index (χ0v) is 13.5. The summed E-state index contributed by atoms with van der Waals surface area (Å²) in [5.74, 6) is 0.875. The van der Waals surface area contributed by atoms with E-state index in [4.69, 9.17) is 0 Å². The second-order valence-corrected chi connectivity index (χ2v) is 6.21. The van der Waals surface area contributed by atoms with E-state index in [0.29, 0.717) is 0 Å². The van der Waals surface area contributed by atoms with Crippen molar-refractivity contribution in [1.82, 2.24) is 15.2 Å². The van der Waals surface area contributed by atoms with Crippen LogP contribution in [0.4, 0.5) is 0 Å². The van der Waals surface area contributed by atoms with Crippen LogP contribution in [-0.2, 0) is 5.75 Å². The Hall–Kier alpha value is -2.20. The first-order chi connectivity index (χ1) is 10.7. The van der Waals surface area contributed by atoms with Crippen LogP contribution in [-0.4, -0.2) is 15.2 Å². The highest BCUT2D eigenvalue weighted by molar-refractivity contribution is 7.98. The first kappa shape index (κ1) is 14.7. The van der Waals surface area contributed by atoms with Crippen molar-refractivity contribution < 1.29 is 0 Å². The van der Waals surface area contributed by atoms with E-state index in [-0.39, 0.29) is 0 Å². The van der Waals surface area contributed by atoms with Crippen LogP contribution in [0.2, 0.25) is 0 Å². The average Bonchev–Trinajstić information content (AvgIpc) is 2.57. The van der Waals surface area contributed by atoms with Crippen LogP contribution < -0.4 is 0 Å². The first-order valence-electron chi connectivity index (χ1n) is 7.15. The van der Waals surface area contributed by atoms with Crippen molar-refractivity contribution in [2.75, 3.05) is 0 Å². The largest absolute Gasteiger partial charge is 0.265 e. The summed E-state index contributed by atoms with van der Waals surface area (Å²) in [4.78, 5) is 4.02. The Kier molecular flexibility index (Phi) is 4.49. The molecule has 22 heavy (non-hydrogen) atoms.